The van der Waals surface area contributed by atoms with E-state index in [1.807, 2.05) is 12.1 Å². The second kappa shape index (κ2) is 6.98. The van der Waals surface area contributed by atoms with Crippen LogP contribution in [0.5, 0.6) is 0 Å². The van der Waals surface area contributed by atoms with E-state index in [4.69, 9.17) is 5.73 Å². The second-order valence-corrected chi connectivity index (χ2v) is 7.58. The highest BCUT2D eigenvalue weighted by Gasteiger charge is 2.25. The first-order chi connectivity index (χ1) is 11.2. The van der Waals surface area contributed by atoms with Gasteiger partial charge in [0, 0.05) is 17.6 Å². The van der Waals surface area contributed by atoms with Crippen molar-refractivity contribution in [2.45, 2.75) is 65.8 Å². The van der Waals surface area contributed by atoms with Crippen LogP contribution in [0, 0.1) is 6.92 Å². The maximum Gasteiger partial charge on any atom is 0.335 e. The average molecular weight is 330 g/mol. The summed E-state index contributed by atoms with van der Waals surface area (Å²) in [7, 11) is 0. The number of carboxylic acids is 1. The first-order valence-electron chi connectivity index (χ1n) is 8.81. The number of unbranched alkanes of at least 4 members (excludes halogenated alkanes) is 1. The summed E-state index contributed by atoms with van der Waals surface area (Å²) in [5.74, 6) is -0.875. The summed E-state index contributed by atoms with van der Waals surface area (Å²) < 4.78 is 2.37. The van der Waals surface area contributed by atoms with Crippen molar-refractivity contribution in [3.05, 3.63) is 34.5 Å². The summed E-state index contributed by atoms with van der Waals surface area (Å²) in [5.41, 5.74) is 10.7. The highest BCUT2D eigenvalue weighted by molar-refractivity contribution is 5.97. The van der Waals surface area contributed by atoms with Crippen molar-refractivity contribution in [2.24, 2.45) is 5.73 Å². The van der Waals surface area contributed by atoms with E-state index in [2.05, 4.69) is 39.2 Å². The molecule has 24 heavy (non-hydrogen) atoms. The quantitative estimate of drug-likeness (QED) is 0.832. The van der Waals surface area contributed by atoms with Gasteiger partial charge < -0.3 is 15.4 Å². The standard InChI is InChI=1S/C20H30N2O2/c1-6-7-10-22-13(2)15(8-9-21)16-11-14(19(23)24)12-17(18(16)22)20(3,4)5/h11-12H,6-10,21H2,1-5H3,(H,23,24). The molecule has 4 nitrogen and oxygen atoms in total. The van der Waals surface area contributed by atoms with Crippen molar-refractivity contribution in [3.63, 3.8) is 0 Å². The van der Waals surface area contributed by atoms with Crippen LogP contribution >= 0.6 is 0 Å². The van der Waals surface area contributed by atoms with E-state index in [9.17, 15) is 9.90 Å². The third-order valence-electron chi connectivity index (χ3n) is 4.73. The van der Waals surface area contributed by atoms with Crippen LogP contribution < -0.4 is 5.73 Å². The van der Waals surface area contributed by atoms with E-state index in [1.54, 1.807) is 0 Å². The largest absolute Gasteiger partial charge is 0.478 e. The third kappa shape index (κ3) is 3.34. The third-order valence-corrected chi connectivity index (χ3v) is 4.73. The lowest BCUT2D eigenvalue weighted by Gasteiger charge is -2.23. The van der Waals surface area contributed by atoms with Crippen molar-refractivity contribution in [1.82, 2.24) is 4.57 Å². The molecule has 0 radical (unpaired) electrons. The van der Waals surface area contributed by atoms with E-state index in [0.29, 0.717) is 12.1 Å². The number of hydrogen-bond donors (Lipinski definition) is 2. The molecule has 0 unspecified atom stereocenters. The number of fused-ring (bicyclic) bond motifs is 1. The number of carboxylic acid groups (broad SMARTS) is 1. The van der Waals surface area contributed by atoms with Crippen molar-refractivity contribution in [1.29, 1.82) is 0 Å². The number of carbonyl (C=O) groups is 1. The fourth-order valence-corrected chi connectivity index (χ4v) is 3.43. The van der Waals surface area contributed by atoms with Crippen LogP contribution in [-0.4, -0.2) is 22.2 Å². The lowest BCUT2D eigenvalue weighted by atomic mass is 9.84. The Kier molecular flexibility index (Phi) is 5.38. The predicted molar refractivity (Wildman–Crippen MR) is 100 cm³/mol. The predicted octanol–water partition coefficient (Wildman–Crippen LogP) is 4.25. The molecule has 1 aromatic heterocycles. The molecule has 0 bridgehead atoms. The van der Waals surface area contributed by atoms with Gasteiger partial charge in [0.05, 0.1) is 11.1 Å². The summed E-state index contributed by atoms with van der Waals surface area (Å²) in [6.07, 6.45) is 3.01. The molecule has 0 saturated carbocycles. The molecule has 0 aliphatic rings. The first-order valence-corrected chi connectivity index (χ1v) is 8.81. The Morgan fingerprint density at radius 1 is 1.29 bits per heavy atom. The van der Waals surface area contributed by atoms with Crippen LogP contribution in [0.4, 0.5) is 0 Å². The van der Waals surface area contributed by atoms with Gasteiger partial charge in [-0.3, -0.25) is 0 Å². The minimum absolute atomic E-state index is 0.127. The molecule has 0 saturated heterocycles. The zero-order valence-corrected chi connectivity index (χ0v) is 15.6. The minimum atomic E-state index is -0.875. The minimum Gasteiger partial charge on any atom is -0.478 e. The molecule has 2 rings (SSSR count). The van der Waals surface area contributed by atoms with E-state index in [-0.39, 0.29) is 5.41 Å². The molecule has 4 heteroatoms. The molecular weight excluding hydrogens is 300 g/mol. The van der Waals surface area contributed by atoms with Crippen LogP contribution in [0.1, 0.15) is 67.7 Å². The number of nitrogens with two attached hydrogens (primary N) is 1. The smallest absolute Gasteiger partial charge is 0.335 e. The van der Waals surface area contributed by atoms with Gasteiger partial charge in [0.15, 0.2) is 0 Å². The highest BCUT2D eigenvalue weighted by Crippen LogP contribution is 2.36. The highest BCUT2D eigenvalue weighted by atomic mass is 16.4. The van der Waals surface area contributed by atoms with Gasteiger partial charge in [-0.15, -0.1) is 0 Å². The van der Waals surface area contributed by atoms with Gasteiger partial charge >= 0.3 is 5.97 Å². The van der Waals surface area contributed by atoms with Crippen molar-refractivity contribution in [2.75, 3.05) is 6.54 Å². The molecule has 0 aliphatic heterocycles. The molecule has 0 atom stereocenters. The van der Waals surface area contributed by atoms with Gasteiger partial charge in [-0.1, -0.05) is 34.1 Å². The number of benzene rings is 1. The van der Waals surface area contributed by atoms with Gasteiger partial charge in [0.1, 0.15) is 0 Å². The number of nitrogens with zero attached hydrogens (tertiary/aromatic N) is 1. The van der Waals surface area contributed by atoms with Crippen LogP contribution in [-0.2, 0) is 18.4 Å². The zero-order valence-electron chi connectivity index (χ0n) is 15.6. The normalized spacial score (nSPS) is 12.1. The lowest BCUT2D eigenvalue weighted by molar-refractivity contribution is 0.0697. The number of aryl methyl sites for hydroxylation is 1. The van der Waals surface area contributed by atoms with Gasteiger partial charge in [-0.25, -0.2) is 4.79 Å². The first kappa shape index (κ1) is 18.5. The molecule has 132 valence electrons. The molecule has 3 N–H and O–H groups in total. The Balaban J connectivity index is 2.90. The fraction of sp³-hybridized carbons (Fsp3) is 0.550. The number of aromatic carboxylic acids is 1. The number of aromatic nitrogens is 1. The van der Waals surface area contributed by atoms with Gasteiger partial charge in [0.25, 0.3) is 0 Å². The Hall–Kier alpha value is -1.81. The lowest BCUT2D eigenvalue weighted by Crippen LogP contribution is -2.15. The van der Waals surface area contributed by atoms with Gasteiger partial charge in [0.2, 0.25) is 0 Å². The molecule has 0 spiro atoms. The Labute approximate surface area is 144 Å². The van der Waals surface area contributed by atoms with Crippen molar-refractivity contribution < 1.29 is 9.90 Å². The van der Waals surface area contributed by atoms with E-state index in [0.717, 1.165) is 36.8 Å². The summed E-state index contributed by atoms with van der Waals surface area (Å²) in [5, 5.41) is 10.6. The average Bonchev–Trinajstić information content (AvgIpc) is 2.76. The van der Waals surface area contributed by atoms with E-state index < -0.39 is 5.97 Å². The van der Waals surface area contributed by atoms with Crippen molar-refractivity contribution >= 4 is 16.9 Å². The summed E-state index contributed by atoms with van der Waals surface area (Å²) >= 11 is 0. The Bertz CT molecular complexity index is 751. The van der Waals surface area contributed by atoms with Crippen LogP contribution in [0.15, 0.2) is 12.1 Å². The number of hydrogen-bond acceptors (Lipinski definition) is 2. The van der Waals surface area contributed by atoms with E-state index in [1.165, 1.54) is 16.8 Å². The summed E-state index contributed by atoms with van der Waals surface area (Å²) in [6.45, 7) is 12.3. The molecule has 0 amide bonds. The molecule has 1 aromatic carbocycles. The summed E-state index contributed by atoms with van der Waals surface area (Å²) in [6, 6.07) is 3.67. The maximum atomic E-state index is 11.6. The van der Waals surface area contributed by atoms with Gasteiger partial charge in [-0.05, 0) is 55.0 Å². The second-order valence-electron chi connectivity index (χ2n) is 7.58. The number of rotatable bonds is 6. The maximum absolute atomic E-state index is 11.6. The Morgan fingerprint density at radius 2 is 1.96 bits per heavy atom. The zero-order chi connectivity index (χ0) is 18.1. The van der Waals surface area contributed by atoms with Crippen LogP contribution in [0.2, 0.25) is 0 Å². The monoisotopic (exact) mass is 330 g/mol. The SMILES string of the molecule is CCCCn1c(C)c(CCN)c2cc(C(=O)O)cc(C(C)(C)C)c21. The Morgan fingerprint density at radius 3 is 2.46 bits per heavy atom. The van der Waals surface area contributed by atoms with E-state index >= 15 is 0 Å². The fourth-order valence-electron chi connectivity index (χ4n) is 3.43. The van der Waals surface area contributed by atoms with Gasteiger partial charge in [-0.2, -0.15) is 0 Å². The molecule has 0 fully saturated rings. The molecule has 1 heterocycles. The van der Waals surface area contributed by atoms with Crippen molar-refractivity contribution in [3.8, 4) is 0 Å². The molecular formula is C20H30N2O2. The molecule has 2 aromatic rings. The summed E-state index contributed by atoms with van der Waals surface area (Å²) in [4.78, 5) is 11.6. The van der Waals surface area contributed by atoms with Crippen LogP contribution in [0.25, 0.3) is 10.9 Å². The topological polar surface area (TPSA) is 68.2 Å². The van der Waals surface area contributed by atoms with Crippen LogP contribution in [0.3, 0.4) is 0 Å². The molecule has 0 aliphatic carbocycles.